The molecule has 1 aromatic carbocycles. The number of carbonyl (C=O) groups excluding carboxylic acids is 2. The predicted molar refractivity (Wildman–Crippen MR) is 108 cm³/mol. The van der Waals surface area contributed by atoms with Crippen molar-refractivity contribution in [3.63, 3.8) is 0 Å². The van der Waals surface area contributed by atoms with Crippen LogP contribution in [0, 0.1) is 23.7 Å². The van der Waals surface area contributed by atoms with Crippen LogP contribution in [0.5, 0.6) is 0 Å². The second-order valence-electron chi connectivity index (χ2n) is 5.86. The Balaban J connectivity index is 2.60. The molecule has 0 aromatic heterocycles. The molecule has 0 amide bonds. The zero-order valence-electron chi connectivity index (χ0n) is 16.9. The van der Waals surface area contributed by atoms with E-state index in [0.717, 1.165) is 11.1 Å². The molecule has 0 radical (unpaired) electrons. The first-order valence-corrected chi connectivity index (χ1v) is 9.36. The molecule has 0 aliphatic carbocycles. The van der Waals surface area contributed by atoms with Gasteiger partial charge in [-0.15, -0.1) is 0 Å². The summed E-state index contributed by atoms with van der Waals surface area (Å²) in [6, 6.07) is 6.75. The topological polar surface area (TPSA) is 76.7 Å². The summed E-state index contributed by atoms with van der Waals surface area (Å²) in [6.07, 6.45) is 0. The first kappa shape index (κ1) is 23.2. The molecule has 1 aromatic rings. The van der Waals surface area contributed by atoms with Crippen molar-refractivity contribution in [2.24, 2.45) is 0 Å². The maximum absolute atomic E-state index is 11.5. The van der Waals surface area contributed by atoms with Crippen molar-refractivity contribution in [2.75, 3.05) is 26.3 Å². The summed E-state index contributed by atoms with van der Waals surface area (Å²) in [7, 11) is 0. The van der Waals surface area contributed by atoms with Gasteiger partial charge in [0.2, 0.25) is 0 Å². The molecule has 6 nitrogen and oxygen atoms in total. The fourth-order valence-electron chi connectivity index (χ4n) is 2.09. The van der Waals surface area contributed by atoms with E-state index in [0.29, 0.717) is 26.3 Å². The van der Waals surface area contributed by atoms with E-state index in [1.807, 2.05) is 24.3 Å². The second-order valence-corrected chi connectivity index (χ2v) is 5.86. The quantitative estimate of drug-likeness (QED) is 0.522. The SMILES string of the molecule is CCOC(=O)[C@H](C)NCC#Cc1ccccc1C#CCN[C@@H](C)C(=O)OCC. The minimum absolute atomic E-state index is 0.292. The summed E-state index contributed by atoms with van der Waals surface area (Å²) in [5.74, 6) is 11.5. The largest absolute Gasteiger partial charge is 0.465 e. The molecule has 0 bridgehead atoms. The Kier molecular flexibility index (Phi) is 11.1. The molecule has 2 N–H and O–H groups in total. The van der Waals surface area contributed by atoms with Crippen molar-refractivity contribution in [3.8, 4) is 23.7 Å². The smallest absolute Gasteiger partial charge is 0.322 e. The lowest BCUT2D eigenvalue weighted by atomic mass is 10.1. The van der Waals surface area contributed by atoms with E-state index in [2.05, 4.69) is 34.3 Å². The van der Waals surface area contributed by atoms with Crippen LogP contribution in [0.4, 0.5) is 0 Å². The third-order valence-corrected chi connectivity index (χ3v) is 3.65. The van der Waals surface area contributed by atoms with Crippen molar-refractivity contribution < 1.29 is 19.1 Å². The molecule has 0 heterocycles. The van der Waals surface area contributed by atoms with Gasteiger partial charge in [0.25, 0.3) is 0 Å². The zero-order valence-corrected chi connectivity index (χ0v) is 16.9. The third kappa shape index (κ3) is 8.73. The van der Waals surface area contributed by atoms with Crippen LogP contribution < -0.4 is 10.6 Å². The van der Waals surface area contributed by atoms with Crippen LogP contribution in [-0.2, 0) is 19.1 Å². The van der Waals surface area contributed by atoms with Crippen LogP contribution in [0.25, 0.3) is 0 Å². The molecule has 0 spiro atoms. The van der Waals surface area contributed by atoms with E-state index < -0.39 is 12.1 Å². The molecule has 0 aliphatic rings. The zero-order chi connectivity index (χ0) is 20.8. The average Bonchev–Trinajstić information content (AvgIpc) is 2.69. The Labute approximate surface area is 167 Å². The number of carbonyl (C=O) groups is 2. The molecular formula is C22H28N2O4. The van der Waals surface area contributed by atoms with E-state index in [9.17, 15) is 9.59 Å². The normalized spacial score (nSPS) is 11.9. The van der Waals surface area contributed by atoms with Crippen molar-refractivity contribution in [2.45, 2.75) is 39.8 Å². The number of ether oxygens (including phenoxy) is 2. The molecule has 0 fully saturated rings. The Morgan fingerprint density at radius 1 is 0.857 bits per heavy atom. The highest BCUT2D eigenvalue weighted by Gasteiger charge is 2.12. The summed E-state index contributed by atoms with van der Waals surface area (Å²) < 4.78 is 9.87. The first-order valence-electron chi connectivity index (χ1n) is 9.36. The van der Waals surface area contributed by atoms with Crippen molar-refractivity contribution in [3.05, 3.63) is 35.4 Å². The van der Waals surface area contributed by atoms with Gasteiger partial charge < -0.3 is 9.47 Å². The summed E-state index contributed by atoms with van der Waals surface area (Å²) in [5, 5.41) is 6.01. The fourth-order valence-corrected chi connectivity index (χ4v) is 2.09. The molecule has 2 atom stereocenters. The van der Waals surface area contributed by atoms with Crippen molar-refractivity contribution in [1.29, 1.82) is 0 Å². The van der Waals surface area contributed by atoms with Crippen LogP contribution in [-0.4, -0.2) is 50.3 Å². The highest BCUT2D eigenvalue weighted by atomic mass is 16.5. The van der Waals surface area contributed by atoms with Gasteiger partial charge in [0.05, 0.1) is 26.3 Å². The number of nitrogens with one attached hydrogen (secondary N) is 2. The number of benzene rings is 1. The Morgan fingerprint density at radius 2 is 1.25 bits per heavy atom. The maximum atomic E-state index is 11.5. The van der Waals surface area contributed by atoms with Crippen LogP contribution in [0.1, 0.15) is 38.8 Å². The lowest BCUT2D eigenvalue weighted by molar-refractivity contribution is -0.145. The van der Waals surface area contributed by atoms with Crippen LogP contribution in [0.3, 0.4) is 0 Å². The van der Waals surface area contributed by atoms with Crippen LogP contribution >= 0.6 is 0 Å². The lowest BCUT2D eigenvalue weighted by Gasteiger charge is -2.09. The van der Waals surface area contributed by atoms with E-state index in [-0.39, 0.29) is 11.9 Å². The number of rotatable bonds is 8. The minimum Gasteiger partial charge on any atom is -0.465 e. The third-order valence-electron chi connectivity index (χ3n) is 3.65. The fraction of sp³-hybridized carbons (Fsp3) is 0.455. The van der Waals surface area contributed by atoms with Crippen molar-refractivity contribution in [1.82, 2.24) is 10.6 Å². The standard InChI is InChI=1S/C22H28N2O4/c1-5-27-21(25)17(3)23-15-9-13-19-11-7-8-12-20(19)14-10-16-24-18(4)22(26)28-6-2/h7-8,11-12,17-18,23-24H,5-6,15-16H2,1-4H3/t17-,18-/m0/s1. The van der Waals surface area contributed by atoms with Gasteiger partial charge in [0, 0.05) is 11.1 Å². The van der Waals surface area contributed by atoms with Crippen LogP contribution in [0.2, 0.25) is 0 Å². The summed E-state index contributed by atoms with van der Waals surface area (Å²) >= 11 is 0. The number of esters is 2. The molecule has 0 aliphatic heterocycles. The average molecular weight is 384 g/mol. The van der Waals surface area contributed by atoms with Crippen LogP contribution in [0.15, 0.2) is 24.3 Å². The van der Waals surface area contributed by atoms with Gasteiger partial charge in [-0.1, -0.05) is 35.8 Å². The molecule has 150 valence electrons. The first-order chi connectivity index (χ1) is 13.5. The molecule has 0 saturated heterocycles. The predicted octanol–water partition coefficient (Wildman–Crippen LogP) is 1.47. The van der Waals surface area contributed by atoms with Gasteiger partial charge in [0.15, 0.2) is 0 Å². The molecule has 1 rings (SSSR count). The van der Waals surface area contributed by atoms with E-state index in [4.69, 9.17) is 9.47 Å². The minimum atomic E-state index is -0.406. The molecule has 28 heavy (non-hydrogen) atoms. The Bertz CT molecular complexity index is 703. The monoisotopic (exact) mass is 384 g/mol. The highest BCUT2D eigenvalue weighted by molar-refractivity contribution is 5.75. The van der Waals surface area contributed by atoms with E-state index in [1.165, 1.54) is 0 Å². The second kappa shape index (κ2) is 13.4. The van der Waals surface area contributed by atoms with Gasteiger partial charge in [-0.05, 0) is 39.8 Å². The Morgan fingerprint density at radius 3 is 1.61 bits per heavy atom. The van der Waals surface area contributed by atoms with Gasteiger partial charge in [-0.2, -0.15) is 0 Å². The van der Waals surface area contributed by atoms with Crippen molar-refractivity contribution >= 4 is 11.9 Å². The van der Waals surface area contributed by atoms with Gasteiger partial charge >= 0.3 is 11.9 Å². The van der Waals surface area contributed by atoms with E-state index >= 15 is 0 Å². The summed E-state index contributed by atoms with van der Waals surface area (Å²) in [6.45, 7) is 8.46. The Hall–Kier alpha value is -2.80. The summed E-state index contributed by atoms with van der Waals surface area (Å²) in [5.41, 5.74) is 1.61. The molecule has 0 saturated carbocycles. The molecule has 0 unspecified atom stereocenters. The number of hydrogen-bond donors (Lipinski definition) is 2. The molecular weight excluding hydrogens is 356 g/mol. The van der Waals surface area contributed by atoms with Gasteiger partial charge in [-0.3, -0.25) is 20.2 Å². The van der Waals surface area contributed by atoms with E-state index in [1.54, 1.807) is 27.7 Å². The molecule has 6 heteroatoms. The summed E-state index contributed by atoms with van der Waals surface area (Å²) in [4.78, 5) is 23.1. The lowest BCUT2D eigenvalue weighted by Crippen LogP contribution is -2.35. The number of hydrogen-bond acceptors (Lipinski definition) is 6. The highest BCUT2D eigenvalue weighted by Crippen LogP contribution is 2.05. The van der Waals surface area contributed by atoms with Gasteiger partial charge in [-0.25, -0.2) is 0 Å². The van der Waals surface area contributed by atoms with Gasteiger partial charge in [0.1, 0.15) is 12.1 Å². The maximum Gasteiger partial charge on any atom is 0.322 e.